The molecule has 1 aliphatic rings. The van der Waals surface area contributed by atoms with Gasteiger partial charge in [-0.2, -0.15) is 5.10 Å². The molecule has 1 atom stereocenters. The van der Waals surface area contributed by atoms with E-state index < -0.39 is 11.2 Å². The van der Waals surface area contributed by atoms with Gasteiger partial charge in [-0.1, -0.05) is 12.1 Å². The van der Waals surface area contributed by atoms with Gasteiger partial charge in [0.2, 0.25) is 0 Å². The van der Waals surface area contributed by atoms with Gasteiger partial charge in [-0.3, -0.25) is 9.78 Å². The Bertz CT molecular complexity index is 1090. The summed E-state index contributed by atoms with van der Waals surface area (Å²) in [5.74, 6) is 0.0663. The van der Waals surface area contributed by atoms with Crippen molar-refractivity contribution in [2.45, 2.75) is 19.3 Å². The lowest BCUT2D eigenvalue weighted by molar-refractivity contribution is 0.625. The highest BCUT2D eigenvalue weighted by Gasteiger charge is 2.26. The first kappa shape index (κ1) is 17.1. The number of aromatic amines is 2. The Labute approximate surface area is 153 Å². The molecule has 3 heterocycles. The largest absolute Gasteiger partial charge is 0.369 e. The SMILES string of the molecule is Cc1nnc(-c2c[nH]c(=O)[nH]c2=O)cc1N1CCC(c2ccc(F)cc2)C1. The lowest BCUT2D eigenvalue weighted by Gasteiger charge is -2.20. The fourth-order valence-corrected chi connectivity index (χ4v) is 3.48. The molecule has 8 heteroatoms. The summed E-state index contributed by atoms with van der Waals surface area (Å²) < 4.78 is 13.2. The second-order valence-electron chi connectivity index (χ2n) is 6.67. The van der Waals surface area contributed by atoms with Crippen molar-refractivity contribution in [1.82, 2.24) is 20.2 Å². The van der Waals surface area contributed by atoms with Crippen LogP contribution in [-0.4, -0.2) is 33.3 Å². The van der Waals surface area contributed by atoms with Gasteiger partial charge in [-0.05, 0) is 37.1 Å². The lowest BCUT2D eigenvalue weighted by atomic mass is 9.98. The molecule has 3 aromatic rings. The highest BCUT2D eigenvalue weighted by atomic mass is 19.1. The summed E-state index contributed by atoms with van der Waals surface area (Å²) in [5.41, 5.74) is 2.36. The van der Waals surface area contributed by atoms with E-state index in [2.05, 4.69) is 25.1 Å². The molecule has 1 aliphatic heterocycles. The van der Waals surface area contributed by atoms with E-state index in [0.29, 0.717) is 11.6 Å². The van der Waals surface area contributed by atoms with E-state index >= 15 is 0 Å². The molecule has 1 aromatic carbocycles. The number of hydrogen-bond acceptors (Lipinski definition) is 5. The maximum Gasteiger partial charge on any atom is 0.325 e. The van der Waals surface area contributed by atoms with E-state index in [1.807, 2.05) is 25.1 Å². The van der Waals surface area contributed by atoms with E-state index in [1.54, 1.807) is 0 Å². The first-order valence-electron chi connectivity index (χ1n) is 8.68. The lowest BCUT2D eigenvalue weighted by Crippen LogP contribution is -2.24. The summed E-state index contributed by atoms with van der Waals surface area (Å²) in [5, 5.41) is 8.28. The summed E-state index contributed by atoms with van der Waals surface area (Å²) in [6.07, 6.45) is 2.29. The van der Waals surface area contributed by atoms with Crippen LogP contribution in [0, 0.1) is 12.7 Å². The van der Waals surface area contributed by atoms with Gasteiger partial charge in [-0.15, -0.1) is 5.10 Å². The number of aryl methyl sites for hydroxylation is 1. The van der Waals surface area contributed by atoms with E-state index in [-0.39, 0.29) is 11.4 Å². The van der Waals surface area contributed by atoms with Gasteiger partial charge in [0.15, 0.2) is 0 Å². The van der Waals surface area contributed by atoms with E-state index in [1.165, 1.54) is 18.3 Å². The Balaban J connectivity index is 1.63. The van der Waals surface area contributed by atoms with Crippen LogP contribution in [0.1, 0.15) is 23.6 Å². The Morgan fingerprint density at radius 1 is 1.19 bits per heavy atom. The highest BCUT2D eigenvalue weighted by molar-refractivity contribution is 5.64. The van der Waals surface area contributed by atoms with E-state index in [9.17, 15) is 14.0 Å². The predicted molar refractivity (Wildman–Crippen MR) is 99.4 cm³/mol. The molecule has 1 unspecified atom stereocenters. The van der Waals surface area contributed by atoms with Crippen molar-refractivity contribution < 1.29 is 4.39 Å². The zero-order valence-electron chi connectivity index (χ0n) is 14.7. The molecule has 0 saturated carbocycles. The van der Waals surface area contributed by atoms with Crippen LogP contribution in [-0.2, 0) is 0 Å². The van der Waals surface area contributed by atoms with Crippen molar-refractivity contribution in [2.75, 3.05) is 18.0 Å². The molecule has 0 bridgehead atoms. The van der Waals surface area contributed by atoms with Gasteiger partial charge in [0.25, 0.3) is 5.56 Å². The number of rotatable bonds is 3. The molecule has 0 amide bonds. The quantitative estimate of drug-likeness (QED) is 0.738. The van der Waals surface area contributed by atoms with Crippen molar-refractivity contribution in [3.63, 3.8) is 0 Å². The molecular formula is C19H18FN5O2. The van der Waals surface area contributed by atoms with Crippen LogP contribution in [0.25, 0.3) is 11.3 Å². The molecule has 4 rings (SSSR count). The topological polar surface area (TPSA) is 94.7 Å². The number of H-pyrrole nitrogens is 2. The minimum absolute atomic E-state index is 0.237. The number of anilines is 1. The molecule has 7 nitrogen and oxygen atoms in total. The van der Waals surface area contributed by atoms with Crippen LogP contribution in [0.2, 0.25) is 0 Å². The maximum absolute atomic E-state index is 13.2. The molecule has 138 valence electrons. The van der Waals surface area contributed by atoms with Crippen LogP contribution in [0.4, 0.5) is 10.1 Å². The minimum atomic E-state index is -0.564. The van der Waals surface area contributed by atoms with Crippen molar-refractivity contribution in [1.29, 1.82) is 0 Å². The van der Waals surface area contributed by atoms with Crippen LogP contribution < -0.4 is 16.1 Å². The summed E-state index contributed by atoms with van der Waals surface area (Å²) in [4.78, 5) is 30.1. The van der Waals surface area contributed by atoms with Gasteiger partial charge in [0.1, 0.15) is 11.5 Å². The van der Waals surface area contributed by atoms with Gasteiger partial charge >= 0.3 is 5.69 Å². The average Bonchev–Trinajstić information content (AvgIpc) is 3.13. The molecule has 27 heavy (non-hydrogen) atoms. The van der Waals surface area contributed by atoms with Crippen LogP contribution in [0.15, 0.2) is 46.1 Å². The fourth-order valence-electron chi connectivity index (χ4n) is 3.48. The molecule has 2 aromatic heterocycles. The second kappa shape index (κ2) is 6.79. The first-order valence-corrected chi connectivity index (χ1v) is 8.68. The summed E-state index contributed by atoms with van der Waals surface area (Å²) in [6, 6.07) is 8.44. The minimum Gasteiger partial charge on any atom is -0.369 e. The molecule has 0 spiro atoms. The normalized spacial score (nSPS) is 16.7. The predicted octanol–water partition coefficient (Wildman–Crippen LogP) is 1.96. The zero-order chi connectivity index (χ0) is 19.0. The summed E-state index contributed by atoms with van der Waals surface area (Å²) in [6.45, 7) is 3.48. The number of nitrogens with zero attached hydrogens (tertiary/aromatic N) is 3. The van der Waals surface area contributed by atoms with Gasteiger partial charge in [-0.25, -0.2) is 9.18 Å². The number of nitrogens with one attached hydrogen (secondary N) is 2. The van der Waals surface area contributed by atoms with Crippen LogP contribution >= 0.6 is 0 Å². The Kier molecular flexibility index (Phi) is 4.31. The van der Waals surface area contributed by atoms with Crippen LogP contribution in [0.5, 0.6) is 0 Å². The highest BCUT2D eigenvalue weighted by Crippen LogP contribution is 2.32. The average molecular weight is 367 g/mol. The maximum atomic E-state index is 13.2. The number of benzene rings is 1. The molecule has 1 saturated heterocycles. The second-order valence-corrected chi connectivity index (χ2v) is 6.67. The van der Waals surface area contributed by atoms with Gasteiger partial charge in [0, 0.05) is 25.2 Å². The molecular weight excluding hydrogens is 349 g/mol. The number of aromatic nitrogens is 4. The Morgan fingerprint density at radius 3 is 2.70 bits per heavy atom. The fraction of sp³-hybridized carbons (Fsp3) is 0.263. The smallest absolute Gasteiger partial charge is 0.325 e. The summed E-state index contributed by atoms with van der Waals surface area (Å²) in [7, 11) is 0. The monoisotopic (exact) mass is 367 g/mol. The third kappa shape index (κ3) is 3.38. The first-order chi connectivity index (χ1) is 13.0. The number of hydrogen-bond donors (Lipinski definition) is 2. The zero-order valence-corrected chi connectivity index (χ0v) is 14.7. The molecule has 2 N–H and O–H groups in total. The standard InChI is InChI=1S/C19H18FN5O2/c1-11-17(8-16(24-23-11)15-9-21-19(27)22-18(15)26)25-7-6-13(10-25)12-2-4-14(20)5-3-12/h2-5,8-9,13H,6-7,10H2,1H3,(H2,21,22,26,27). The van der Waals surface area contributed by atoms with Crippen molar-refractivity contribution in [3.8, 4) is 11.3 Å². The molecule has 1 fully saturated rings. The van der Waals surface area contributed by atoms with Gasteiger partial charge in [0.05, 0.1) is 16.9 Å². The van der Waals surface area contributed by atoms with Crippen molar-refractivity contribution in [3.05, 3.63) is 74.4 Å². The van der Waals surface area contributed by atoms with Crippen molar-refractivity contribution >= 4 is 5.69 Å². The van der Waals surface area contributed by atoms with Gasteiger partial charge < -0.3 is 9.88 Å². The van der Waals surface area contributed by atoms with E-state index in [0.717, 1.165) is 36.5 Å². The van der Waals surface area contributed by atoms with Crippen molar-refractivity contribution in [2.24, 2.45) is 0 Å². The third-order valence-electron chi connectivity index (χ3n) is 4.92. The Hall–Kier alpha value is -3.29. The third-order valence-corrected chi connectivity index (χ3v) is 4.92. The Morgan fingerprint density at radius 2 is 1.96 bits per heavy atom. The van der Waals surface area contributed by atoms with Crippen LogP contribution in [0.3, 0.4) is 0 Å². The van der Waals surface area contributed by atoms with E-state index in [4.69, 9.17) is 0 Å². The number of halogens is 1. The summed E-state index contributed by atoms with van der Waals surface area (Å²) >= 11 is 0. The molecule has 0 radical (unpaired) electrons. The molecule has 0 aliphatic carbocycles.